The number of hydrogen-bond donors (Lipinski definition) is 2. The molecule has 0 bridgehead atoms. The monoisotopic (exact) mass is 305 g/mol. The summed E-state index contributed by atoms with van der Waals surface area (Å²) in [4.78, 5) is 22.0. The zero-order valence-corrected chi connectivity index (χ0v) is 12.5. The third-order valence-corrected chi connectivity index (χ3v) is 3.67. The van der Waals surface area contributed by atoms with Crippen LogP contribution in [-0.4, -0.2) is 32.5 Å². The summed E-state index contributed by atoms with van der Waals surface area (Å²) in [6.45, 7) is 4.02. The minimum atomic E-state index is -0.864. The lowest BCUT2D eigenvalue weighted by Crippen LogP contribution is -2.36. The van der Waals surface area contributed by atoms with E-state index in [1.165, 1.54) is 17.3 Å². The summed E-state index contributed by atoms with van der Waals surface area (Å²) in [5, 5.41) is 10.4. The number of aryl methyl sites for hydroxylation is 2. The highest BCUT2D eigenvalue weighted by Crippen LogP contribution is 2.22. The molecule has 2 aromatic rings. The maximum absolute atomic E-state index is 11.4. The van der Waals surface area contributed by atoms with E-state index >= 15 is 0 Å². The average molecular weight is 305 g/mol. The van der Waals surface area contributed by atoms with Gasteiger partial charge in [0.1, 0.15) is 6.33 Å². The molecule has 0 fully saturated rings. The first-order valence-electron chi connectivity index (χ1n) is 6.17. The Morgan fingerprint density at radius 2 is 2.14 bits per heavy atom. The molecule has 0 aliphatic heterocycles. The number of aromatic nitrogens is 3. The van der Waals surface area contributed by atoms with E-state index in [1.807, 2.05) is 31.3 Å². The molecule has 0 aliphatic rings. The van der Waals surface area contributed by atoms with Crippen molar-refractivity contribution in [1.29, 1.82) is 0 Å². The molecule has 0 spiro atoms. The van der Waals surface area contributed by atoms with Crippen molar-refractivity contribution in [3.05, 3.63) is 35.7 Å². The van der Waals surface area contributed by atoms with Crippen LogP contribution >= 0.6 is 11.8 Å². The zero-order valence-electron chi connectivity index (χ0n) is 11.7. The second-order valence-corrected chi connectivity index (χ2v) is 5.42. The number of nitrogens with one attached hydrogen (secondary N) is 1. The fourth-order valence-corrected chi connectivity index (χ4v) is 2.59. The van der Waals surface area contributed by atoms with E-state index in [9.17, 15) is 9.59 Å². The molecule has 3 N–H and O–H groups in total. The molecule has 2 rings (SSSR count). The Morgan fingerprint density at radius 3 is 2.81 bits per heavy atom. The van der Waals surface area contributed by atoms with Crippen LogP contribution in [0.15, 0.2) is 29.7 Å². The molecule has 110 valence electrons. The van der Waals surface area contributed by atoms with E-state index in [2.05, 4.69) is 16.3 Å². The van der Waals surface area contributed by atoms with Gasteiger partial charge in [0.2, 0.25) is 5.91 Å². The Kier molecular flexibility index (Phi) is 4.59. The van der Waals surface area contributed by atoms with Crippen molar-refractivity contribution in [1.82, 2.24) is 20.1 Å². The van der Waals surface area contributed by atoms with E-state index in [1.54, 1.807) is 10.9 Å². The number of thioether (sulfide) groups is 1. The summed E-state index contributed by atoms with van der Waals surface area (Å²) in [6.07, 6.45) is 1.59. The summed E-state index contributed by atoms with van der Waals surface area (Å²) >= 11 is 1.18. The third-order valence-electron chi connectivity index (χ3n) is 2.72. The zero-order chi connectivity index (χ0) is 15.4. The SMILES string of the molecule is Cc1ccc(-n2cnnc2SCC(=O)NC(N)=O)c(C)c1. The summed E-state index contributed by atoms with van der Waals surface area (Å²) < 4.78 is 1.80. The minimum Gasteiger partial charge on any atom is -0.351 e. The molecule has 8 heteroatoms. The minimum absolute atomic E-state index is 0.0343. The Hall–Kier alpha value is -2.35. The Balaban J connectivity index is 2.15. The maximum atomic E-state index is 11.4. The van der Waals surface area contributed by atoms with Gasteiger partial charge in [0, 0.05) is 0 Å². The van der Waals surface area contributed by atoms with Gasteiger partial charge in [-0.15, -0.1) is 10.2 Å². The van der Waals surface area contributed by atoms with E-state index < -0.39 is 11.9 Å². The molecule has 0 saturated heterocycles. The number of amides is 3. The fourth-order valence-electron chi connectivity index (χ4n) is 1.87. The van der Waals surface area contributed by atoms with Crippen molar-refractivity contribution in [2.24, 2.45) is 5.73 Å². The van der Waals surface area contributed by atoms with Crippen LogP contribution in [-0.2, 0) is 4.79 Å². The molecule has 1 aromatic carbocycles. The van der Waals surface area contributed by atoms with Gasteiger partial charge >= 0.3 is 6.03 Å². The Bertz CT molecular complexity index is 683. The number of nitrogens with zero attached hydrogens (tertiary/aromatic N) is 3. The molecule has 0 atom stereocenters. The highest BCUT2D eigenvalue weighted by atomic mass is 32.2. The predicted octanol–water partition coefficient (Wildman–Crippen LogP) is 1.17. The van der Waals surface area contributed by atoms with Gasteiger partial charge in [-0.25, -0.2) is 4.79 Å². The van der Waals surface area contributed by atoms with E-state index in [4.69, 9.17) is 5.73 Å². The van der Waals surface area contributed by atoms with Crippen LogP contribution in [0.5, 0.6) is 0 Å². The van der Waals surface area contributed by atoms with Crippen LogP contribution in [0.2, 0.25) is 0 Å². The second kappa shape index (κ2) is 6.40. The molecule has 0 unspecified atom stereocenters. The number of primary amides is 1. The molecule has 1 aromatic heterocycles. The quantitative estimate of drug-likeness (QED) is 0.825. The molecule has 7 nitrogen and oxygen atoms in total. The van der Waals surface area contributed by atoms with Gasteiger partial charge in [0.25, 0.3) is 0 Å². The smallest absolute Gasteiger partial charge is 0.318 e. The van der Waals surface area contributed by atoms with Gasteiger partial charge in [-0.2, -0.15) is 0 Å². The van der Waals surface area contributed by atoms with Crippen molar-refractivity contribution in [2.75, 3.05) is 5.75 Å². The van der Waals surface area contributed by atoms with Crippen molar-refractivity contribution >= 4 is 23.7 Å². The molecular formula is C13H15N5O2S. The maximum Gasteiger partial charge on any atom is 0.318 e. The van der Waals surface area contributed by atoms with E-state index in [0.717, 1.165) is 11.3 Å². The topological polar surface area (TPSA) is 103 Å². The van der Waals surface area contributed by atoms with Crippen molar-refractivity contribution in [2.45, 2.75) is 19.0 Å². The number of benzene rings is 1. The average Bonchev–Trinajstić information content (AvgIpc) is 2.83. The van der Waals surface area contributed by atoms with Crippen molar-refractivity contribution in [3.8, 4) is 5.69 Å². The van der Waals surface area contributed by atoms with Gasteiger partial charge in [-0.1, -0.05) is 29.5 Å². The lowest BCUT2D eigenvalue weighted by molar-refractivity contribution is -0.117. The second-order valence-electron chi connectivity index (χ2n) is 4.47. The van der Waals surface area contributed by atoms with E-state index in [0.29, 0.717) is 5.16 Å². The van der Waals surface area contributed by atoms with Crippen LogP contribution in [0.4, 0.5) is 4.79 Å². The number of urea groups is 1. The van der Waals surface area contributed by atoms with Gasteiger partial charge in [0.15, 0.2) is 5.16 Å². The first-order chi connectivity index (χ1) is 9.97. The lowest BCUT2D eigenvalue weighted by Gasteiger charge is -2.09. The number of carbonyl (C=O) groups is 2. The fraction of sp³-hybridized carbons (Fsp3) is 0.231. The van der Waals surface area contributed by atoms with Crippen LogP contribution in [0.3, 0.4) is 0 Å². The highest BCUT2D eigenvalue weighted by molar-refractivity contribution is 7.99. The highest BCUT2D eigenvalue weighted by Gasteiger charge is 2.12. The molecule has 1 heterocycles. The predicted molar refractivity (Wildman–Crippen MR) is 79.3 cm³/mol. The van der Waals surface area contributed by atoms with Crippen LogP contribution < -0.4 is 11.1 Å². The van der Waals surface area contributed by atoms with Crippen molar-refractivity contribution < 1.29 is 9.59 Å². The lowest BCUT2D eigenvalue weighted by atomic mass is 10.1. The molecule has 3 amide bonds. The number of nitrogens with two attached hydrogens (primary N) is 1. The van der Waals surface area contributed by atoms with Crippen LogP contribution in [0.1, 0.15) is 11.1 Å². The number of carbonyl (C=O) groups excluding carboxylic acids is 2. The van der Waals surface area contributed by atoms with Gasteiger partial charge < -0.3 is 5.73 Å². The van der Waals surface area contributed by atoms with Gasteiger partial charge in [-0.3, -0.25) is 14.7 Å². The molecule has 0 aliphatic carbocycles. The summed E-state index contributed by atoms with van der Waals surface area (Å²) in [7, 11) is 0. The largest absolute Gasteiger partial charge is 0.351 e. The third kappa shape index (κ3) is 3.82. The number of imide groups is 1. The Labute approximate surface area is 125 Å². The van der Waals surface area contributed by atoms with Crippen LogP contribution in [0.25, 0.3) is 5.69 Å². The Morgan fingerprint density at radius 1 is 1.38 bits per heavy atom. The normalized spacial score (nSPS) is 10.4. The number of hydrogen-bond acceptors (Lipinski definition) is 5. The molecular weight excluding hydrogens is 290 g/mol. The first-order valence-corrected chi connectivity index (χ1v) is 7.15. The van der Waals surface area contributed by atoms with Crippen LogP contribution in [0, 0.1) is 13.8 Å². The molecule has 0 saturated carbocycles. The standard InChI is InChI=1S/C13H15N5O2S/c1-8-3-4-10(9(2)5-8)18-7-15-17-13(18)21-6-11(19)16-12(14)20/h3-5,7H,6H2,1-2H3,(H3,14,16,19,20). The van der Waals surface area contributed by atoms with Gasteiger partial charge in [0.05, 0.1) is 11.4 Å². The van der Waals surface area contributed by atoms with Crippen molar-refractivity contribution in [3.63, 3.8) is 0 Å². The summed E-state index contributed by atoms with van der Waals surface area (Å²) in [5.41, 5.74) is 8.08. The summed E-state index contributed by atoms with van der Waals surface area (Å²) in [6, 6.07) is 5.17. The van der Waals surface area contributed by atoms with E-state index in [-0.39, 0.29) is 5.75 Å². The first kappa shape index (κ1) is 15.0. The van der Waals surface area contributed by atoms with Gasteiger partial charge in [-0.05, 0) is 25.5 Å². The number of rotatable bonds is 4. The molecule has 21 heavy (non-hydrogen) atoms. The summed E-state index contributed by atoms with van der Waals surface area (Å²) in [5.74, 6) is -0.435. The molecule has 0 radical (unpaired) electrons.